The molecule has 0 aromatic heterocycles. The number of carbonyl (C=O) groups excluding carboxylic acids is 1. The molecule has 0 spiro atoms. The smallest absolute Gasteiger partial charge is 0.322 e. The van der Waals surface area contributed by atoms with Gasteiger partial charge in [0.1, 0.15) is 0 Å². The van der Waals surface area contributed by atoms with Crippen molar-refractivity contribution in [2.24, 2.45) is 0 Å². The molecule has 0 saturated heterocycles. The molecule has 3 aromatic rings. The first-order valence-corrected chi connectivity index (χ1v) is 9.99. The molecule has 0 heterocycles. The van der Waals surface area contributed by atoms with Gasteiger partial charge in [-0.3, -0.25) is 0 Å². The highest BCUT2D eigenvalue weighted by atomic mass is 35.5. The van der Waals surface area contributed by atoms with Crippen molar-refractivity contribution >= 4 is 40.6 Å². The van der Waals surface area contributed by atoms with Gasteiger partial charge in [0.15, 0.2) is 0 Å². The summed E-state index contributed by atoms with van der Waals surface area (Å²) >= 11 is 12.0. The van der Waals surface area contributed by atoms with Crippen LogP contribution in [0.2, 0.25) is 10.0 Å². The van der Waals surface area contributed by atoms with E-state index in [0.29, 0.717) is 28.8 Å². The maximum Gasteiger partial charge on any atom is 0.322 e. The highest BCUT2D eigenvalue weighted by Crippen LogP contribution is 2.25. The van der Waals surface area contributed by atoms with Gasteiger partial charge in [-0.05, 0) is 41.5 Å². The SMILES string of the molecule is CN(C)c1ccc(CN(Cc2ccccc2)C(=O)Nc2ccc(Cl)c(Cl)c2)cc1. The molecule has 2 amide bonds. The van der Waals surface area contributed by atoms with E-state index in [2.05, 4.69) is 5.32 Å². The number of halogens is 2. The number of urea groups is 1. The fourth-order valence-corrected chi connectivity index (χ4v) is 3.20. The Kier molecular flexibility index (Phi) is 7.02. The Labute approximate surface area is 181 Å². The number of hydrogen-bond donors (Lipinski definition) is 1. The Morgan fingerprint density at radius 3 is 2.03 bits per heavy atom. The third-order valence-electron chi connectivity index (χ3n) is 4.50. The number of benzene rings is 3. The van der Waals surface area contributed by atoms with Crippen molar-refractivity contribution < 1.29 is 4.79 Å². The number of anilines is 2. The van der Waals surface area contributed by atoms with Gasteiger partial charge in [0.2, 0.25) is 0 Å². The van der Waals surface area contributed by atoms with Crippen LogP contribution in [0.5, 0.6) is 0 Å². The van der Waals surface area contributed by atoms with E-state index >= 15 is 0 Å². The molecule has 3 rings (SSSR count). The summed E-state index contributed by atoms with van der Waals surface area (Å²) in [6, 6.07) is 22.9. The minimum atomic E-state index is -0.205. The lowest BCUT2D eigenvalue weighted by Gasteiger charge is -2.24. The lowest BCUT2D eigenvalue weighted by Crippen LogP contribution is -2.34. The fraction of sp³-hybridized carbons (Fsp3) is 0.174. The van der Waals surface area contributed by atoms with E-state index in [1.54, 1.807) is 23.1 Å². The van der Waals surface area contributed by atoms with Gasteiger partial charge < -0.3 is 15.1 Å². The minimum absolute atomic E-state index is 0.205. The average molecular weight is 428 g/mol. The van der Waals surface area contributed by atoms with Crippen LogP contribution in [0.15, 0.2) is 72.8 Å². The lowest BCUT2D eigenvalue weighted by atomic mass is 10.1. The Morgan fingerprint density at radius 2 is 1.45 bits per heavy atom. The van der Waals surface area contributed by atoms with E-state index in [-0.39, 0.29) is 6.03 Å². The van der Waals surface area contributed by atoms with Crippen molar-refractivity contribution in [3.8, 4) is 0 Å². The van der Waals surface area contributed by atoms with Crippen LogP contribution in [-0.2, 0) is 13.1 Å². The molecule has 0 aliphatic heterocycles. The zero-order valence-corrected chi connectivity index (χ0v) is 17.9. The molecule has 6 heteroatoms. The average Bonchev–Trinajstić information content (AvgIpc) is 2.71. The predicted octanol–water partition coefficient (Wildman–Crippen LogP) is 6.29. The van der Waals surface area contributed by atoms with Crippen LogP contribution in [-0.4, -0.2) is 25.0 Å². The summed E-state index contributed by atoms with van der Waals surface area (Å²) in [6.07, 6.45) is 0. The molecule has 1 N–H and O–H groups in total. The van der Waals surface area contributed by atoms with Gasteiger partial charge in [0.05, 0.1) is 10.0 Å². The summed E-state index contributed by atoms with van der Waals surface area (Å²) < 4.78 is 0. The van der Waals surface area contributed by atoms with Gasteiger partial charge in [-0.2, -0.15) is 0 Å². The third kappa shape index (κ3) is 5.89. The standard InChI is InChI=1S/C23H23Cl2N3O/c1-27(2)20-11-8-18(9-12-20)16-28(15-17-6-4-3-5-7-17)23(29)26-19-10-13-21(24)22(25)14-19/h3-14H,15-16H2,1-2H3,(H,26,29). The fourth-order valence-electron chi connectivity index (χ4n) is 2.90. The van der Waals surface area contributed by atoms with E-state index in [1.165, 1.54) is 0 Å². The van der Waals surface area contributed by atoms with E-state index in [9.17, 15) is 4.79 Å². The largest absolute Gasteiger partial charge is 0.378 e. The number of hydrogen-bond acceptors (Lipinski definition) is 2. The van der Waals surface area contributed by atoms with Crippen LogP contribution in [0, 0.1) is 0 Å². The summed E-state index contributed by atoms with van der Waals surface area (Å²) in [5.41, 5.74) is 3.83. The molecule has 0 bridgehead atoms. The molecule has 0 atom stereocenters. The van der Waals surface area contributed by atoms with Crippen molar-refractivity contribution in [3.05, 3.63) is 94.0 Å². The second-order valence-corrected chi connectivity index (χ2v) is 7.78. The zero-order chi connectivity index (χ0) is 20.8. The Bertz CT molecular complexity index is 960. The van der Waals surface area contributed by atoms with Gasteiger partial charge in [0.25, 0.3) is 0 Å². The topological polar surface area (TPSA) is 35.6 Å². The second kappa shape index (κ2) is 9.68. The van der Waals surface area contributed by atoms with E-state index < -0.39 is 0 Å². The molecule has 0 aliphatic carbocycles. The number of nitrogens with one attached hydrogen (secondary N) is 1. The Balaban J connectivity index is 1.79. The van der Waals surface area contributed by atoms with Crippen LogP contribution in [0.3, 0.4) is 0 Å². The maximum absolute atomic E-state index is 13.0. The van der Waals surface area contributed by atoms with Gasteiger partial charge in [-0.25, -0.2) is 4.79 Å². The molecule has 0 saturated carbocycles. The van der Waals surface area contributed by atoms with E-state index in [0.717, 1.165) is 16.8 Å². The van der Waals surface area contributed by atoms with Gasteiger partial charge in [0, 0.05) is 38.6 Å². The van der Waals surface area contributed by atoms with E-state index in [1.807, 2.05) is 73.6 Å². The van der Waals surface area contributed by atoms with Crippen LogP contribution < -0.4 is 10.2 Å². The molecule has 29 heavy (non-hydrogen) atoms. The molecule has 0 unspecified atom stereocenters. The number of rotatable bonds is 6. The van der Waals surface area contributed by atoms with Gasteiger partial charge in [-0.15, -0.1) is 0 Å². The molecular formula is C23H23Cl2N3O. The van der Waals surface area contributed by atoms with Crippen molar-refractivity contribution in [2.45, 2.75) is 13.1 Å². The second-order valence-electron chi connectivity index (χ2n) is 6.96. The van der Waals surface area contributed by atoms with Crippen LogP contribution in [0.25, 0.3) is 0 Å². The molecule has 0 fully saturated rings. The molecular weight excluding hydrogens is 405 g/mol. The summed E-state index contributed by atoms with van der Waals surface area (Å²) in [6.45, 7) is 0.971. The quantitative estimate of drug-likeness (QED) is 0.501. The van der Waals surface area contributed by atoms with Crippen LogP contribution in [0.4, 0.5) is 16.2 Å². The molecule has 0 radical (unpaired) electrons. The predicted molar refractivity (Wildman–Crippen MR) is 122 cm³/mol. The Hall–Kier alpha value is -2.69. The van der Waals surface area contributed by atoms with Gasteiger partial charge >= 0.3 is 6.03 Å². The molecule has 0 aliphatic rings. The number of carbonyl (C=O) groups is 1. The number of amides is 2. The Morgan fingerprint density at radius 1 is 0.828 bits per heavy atom. The highest BCUT2D eigenvalue weighted by molar-refractivity contribution is 6.42. The zero-order valence-electron chi connectivity index (χ0n) is 16.4. The van der Waals surface area contributed by atoms with Crippen molar-refractivity contribution in [3.63, 3.8) is 0 Å². The lowest BCUT2D eigenvalue weighted by molar-refractivity contribution is 0.206. The first-order chi connectivity index (χ1) is 13.9. The first kappa shape index (κ1) is 21.0. The third-order valence-corrected chi connectivity index (χ3v) is 5.24. The van der Waals surface area contributed by atoms with Crippen LogP contribution in [0.1, 0.15) is 11.1 Å². The monoisotopic (exact) mass is 427 g/mol. The number of nitrogens with zero attached hydrogens (tertiary/aromatic N) is 2. The molecule has 150 valence electrons. The van der Waals surface area contributed by atoms with Crippen molar-refractivity contribution in [2.75, 3.05) is 24.3 Å². The molecule has 4 nitrogen and oxygen atoms in total. The summed E-state index contributed by atoms with van der Waals surface area (Å²) in [4.78, 5) is 16.8. The first-order valence-electron chi connectivity index (χ1n) is 9.23. The van der Waals surface area contributed by atoms with E-state index in [4.69, 9.17) is 23.2 Å². The molecule has 3 aromatic carbocycles. The van der Waals surface area contributed by atoms with Crippen molar-refractivity contribution in [1.82, 2.24) is 4.90 Å². The summed E-state index contributed by atoms with van der Waals surface area (Å²) in [7, 11) is 4.00. The minimum Gasteiger partial charge on any atom is -0.378 e. The van der Waals surface area contributed by atoms with Crippen LogP contribution >= 0.6 is 23.2 Å². The van der Waals surface area contributed by atoms with Crippen molar-refractivity contribution in [1.29, 1.82) is 0 Å². The maximum atomic E-state index is 13.0. The summed E-state index contributed by atoms with van der Waals surface area (Å²) in [5.74, 6) is 0. The van der Waals surface area contributed by atoms with Gasteiger partial charge in [-0.1, -0.05) is 65.7 Å². The highest BCUT2D eigenvalue weighted by Gasteiger charge is 2.16. The normalized spacial score (nSPS) is 10.5. The summed E-state index contributed by atoms with van der Waals surface area (Å²) in [5, 5.41) is 3.77.